The Balaban J connectivity index is 1.82. The van der Waals surface area contributed by atoms with Gasteiger partial charge in [0.05, 0.1) is 0 Å². The normalized spacial score (nSPS) is 15.8. The fraction of sp³-hybridized carbons (Fsp3) is 0.455. The first kappa shape index (κ1) is 9.07. The molecule has 0 radical (unpaired) electrons. The van der Waals surface area contributed by atoms with Gasteiger partial charge in [-0.1, -0.05) is 25.0 Å². The van der Waals surface area contributed by atoms with Crippen LogP contribution in [0.5, 0.6) is 0 Å². The molecule has 0 spiro atoms. The summed E-state index contributed by atoms with van der Waals surface area (Å²) in [5, 5.41) is 3.44. The van der Waals surface area contributed by atoms with Gasteiger partial charge in [-0.15, -0.1) is 0 Å². The third kappa shape index (κ3) is 2.73. The summed E-state index contributed by atoms with van der Waals surface area (Å²) < 4.78 is 1.16. The maximum atomic E-state index is 3.52. The molecule has 1 aliphatic carbocycles. The molecular formula is C11H14BrN. The standard InChI is InChI=1S/C11H14BrN/c12-10-3-1-2-4-11(10)13-8-7-9-5-6-9/h1-4,9,13H,5-8H2. The molecule has 1 aliphatic rings. The quantitative estimate of drug-likeness (QED) is 0.846. The number of halogens is 1. The van der Waals surface area contributed by atoms with Crippen LogP contribution in [0.15, 0.2) is 28.7 Å². The first-order valence-electron chi connectivity index (χ1n) is 4.84. The lowest BCUT2D eigenvalue weighted by atomic mass is 10.2. The second kappa shape index (κ2) is 4.14. The SMILES string of the molecule is Brc1ccccc1NCCC1CC1. The maximum Gasteiger partial charge on any atom is 0.0484 e. The highest BCUT2D eigenvalue weighted by molar-refractivity contribution is 9.10. The highest BCUT2D eigenvalue weighted by atomic mass is 79.9. The van der Waals surface area contributed by atoms with Gasteiger partial charge in [-0.3, -0.25) is 0 Å². The van der Waals surface area contributed by atoms with E-state index in [1.165, 1.54) is 24.9 Å². The van der Waals surface area contributed by atoms with Crippen molar-refractivity contribution in [3.8, 4) is 0 Å². The Kier molecular flexibility index (Phi) is 2.89. The number of rotatable bonds is 4. The molecule has 0 bridgehead atoms. The van der Waals surface area contributed by atoms with Crippen LogP contribution in [0.3, 0.4) is 0 Å². The molecule has 1 aromatic carbocycles. The third-order valence-electron chi connectivity index (χ3n) is 2.44. The molecule has 0 atom stereocenters. The van der Waals surface area contributed by atoms with Crippen molar-refractivity contribution in [2.75, 3.05) is 11.9 Å². The van der Waals surface area contributed by atoms with Gasteiger partial charge in [-0.25, -0.2) is 0 Å². The van der Waals surface area contributed by atoms with Crippen molar-refractivity contribution >= 4 is 21.6 Å². The van der Waals surface area contributed by atoms with Crippen LogP contribution < -0.4 is 5.32 Å². The third-order valence-corrected chi connectivity index (χ3v) is 3.13. The zero-order chi connectivity index (χ0) is 9.10. The molecule has 0 heterocycles. The average molecular weight is 240 g/mol. The zero-order valence-corrected chi connectivity index (χ0v) is 9.18. The summed E-state index contributed by atoms with van der Waals surface area (Å²) >= 11 is 3.52. The Labute approximate surface area is 87.7 Å². The number of anilines is 1. The Bertz CT molecular complexity index is 281. The fourth-order valence-electron chi connectivity index (χ4n) is 1.42. The number of nitrogens with one attached hydrogen (secondary N) is 1. The van der Waals surface area contributed by atoms with Crippen LogP contribution in [0.1, 0.15) is 19.3 Å². The summed E-state index contributed by atoms with van der Waals surface area (Å²) in [4.78, 5) is 0. The summed E-state index contributed by atoms with van der Waals surface area (Å²) in [5.41, 5.74) is 1.21. The van der Waals surface area contributed by atoms with Gasteiger partial charge in [0, 0.05) is 16.7 Å². The summed E-state index contributed by atoms with van der Waals surface area (Å²) in [6, 6.07) is 8.27. The summed E-state index contributed by atoms with van der Waals surface area (Å²) in [7, 11) is 0. The van der Waals surface area contributed by atoms with E-state index in [1.807, 2.05) is 6.07 Å². The molecule has 0 aliphatic heterocycles. The van der Waals surface area contributed by atoms with E-state index in [1.54, 1.807) is 0 Å². The molecule has 1 saturated carbocycles. The van der Waals surface area contributed by atoms with E-state index in [2.05, 4.69) is 39.4 Å². The second-order valence-electron chi connectivity index (χ2n) is 3.64. The molecule has 1 aromatic rings. The molecule has 2 heteroatoms. The van der Waals surface area contributed by atoms with E-state index in [0.29, 0.717) is 0 Å². The monoisotopic (exact) mass is 239 g/mol. The first-order valence-corrected chi connectivity index (χ1v) is 5.64. The molecule has 1 nitrogen and oxygen atoms in total. The molecule has 70 valence electrons. The molecule has 2 rings (SSSR count). The van der Waals surface area contributed by atoms with Crippen LogP contribution >= 0.6 is 15.9 Å². The maximum absolute atomic E-state index is 3.52. The average Bonchev–Trinajstić information content (AvgIpc) is 2.92. The minimum absolute atomic E-state index is 1.01. The van der Waals surface area contributed by atoms with Crippen LogP contribution in [-0.4, -0.2) is 6.54 Å². The van der Waals surface area contributed by atoms with Gasteiger partial charge in [0.2, 0.25) is 0 Å². The first-order chi connectivity index (χ1) is 6.36. The number of hydrogen-bond donors (Lipinski definition) is 1. The van der Waals surface area contributed by atoms with Crippen molar-refractivity contribution in [3.63, 3.8) is 0 Å². The van der Waals surface area contributed by atoms with Gasteiger partial charge in [0.15, 0.2) is 0 Å². The highest BCUT2D eigenvalue weighted by Gasteiger charge is 2.20. The van der Waals surface area contributed by atoms with Crippen molar-refractivity contribution in [1.29, 1.82) is 0 Å². The lowest BCUT2D eigenvalue weighted by molar-refractivity contribution is 0.760. The lowest BCUT2D eigenvalue weighted by Gasteiger charge is -2.07. The van der Waals surface area contributed by atoms with Crippen LogP contribution in [0.4, 0.5) is 5.69 Å². The smallest absolute Gasteiger partial charge is 0.0484 e. The van der Waals surface area contributed by atoms with E-state index in [4.69, 9.17) is 0 Å². The summed E-state index contributed by atoms with van der Waals surface area (Å²) in [6.07, 6.45) is 4.20. The summed E-state index contributed by atoms with van der Waals surface area (Å²) in [5.74, 6) is 1.01. The lowest BCUT2D eigenvalue weighted by Crippen LogP contribution is -2.02. The van der Waals surface area contributed by atoms with Crippen LogP contribution in [0.2, 0.25) is 0 Å². The minimum atomic E-state index is 1.01. The Morgan fingerprint density at radius 1 is 1.31 bits per heavy atom. The predicted molar refractivity (Wildman–Crippen MR) is 60.0 cm³/mol. The number of hydrogen-bond acceptors (Lipinski definition) is 1. The second-order valence-corrected chi connectivity index (χ2v) is 4.49. The van der Waals surface area contributed by atoms with Gasteiger partial charge in [-0.2, -0.15) is 0 Å². The highest BCUT2D eigenvalue weighted by Crippen LogP contribution is 2.32. The van der Waals surface area contributed by atoms with E-state index < -0.39 is 0 Å². The molecule has 0 saturated heterocycles. The molecule has 0 amide bonds. The molecule has 13 heavy (non-hydrogen) atoms. The van der Waals surface area contributed by atoms with Gasteiger partial charge in [-0.05, 0) is 40.4 Å². The zero-order valence-electron chi connectivity index (χ0n) is 7.59. The van der Waals surface area contributed by atoms with Gasteiger partial charge < -0.3 is 5.32 Å². The Morgan fingerprint density at radius 2 is 2.08 bits per heavy atom. The molecule has 1 fully saturated rings. The van der Waals surface area contributed by atoms with Crippen LogP contribution in [0, 0.1) is 5.92 Å². The molecule has 0 unspecified atom stereocenters. The van der Waals surface area contributed by atoms with Crippen molar-refractivity contribution < 1.29 is 0 Å². The fourth-order valence-corrected chi connectivity index (χ4v) is 1.85. The van der Waals surface area contributed by atoms with E-state index >= 15 is 0 Å². The minimum Gasteiger partial charge on any atom is -0.384 e. The summed E-state index contributed by atoms with van der Waals surface area (Å²) in [6.45, 7) is 1.10. The van der Waals surface area contributed by atoms with E-state index in [-0.39, 0.29) is 0 Å². The largest absolute Gasteiger partial charge is 0.384 e. The van der Waals surface area contributed by atoms with E-state index in [9.17, 15) is 0 Å². The molecular weight excluding hydrogens is 226 g/mol. The number of para-hydroxylation sites is 1. The van der Waals surface area contributed by atoms with Crippen molar-refractivity contribution in [2.45, 2.75) is 19.3 Å². The van der Waals surface area contributed by atoms with Crippen LogP contribution in [-0.2, 0) is 0 Å². The van der Waals surface area contributed by atoms with Crippen molar-refractivity contribution in [2.24, 2.45) is 5.92 Å². The predicted octanol–water partition coefficient (Wildman–Crippen LogP) is 3.66. The van der Waals surface area contributed by atoms with Crippen LogP contribution in [0.25, 0.3) is 0 Å². The Morgan fingerprint density at radius 3 is 2.77 bits per heavy atom. The van der Waals surface area contributed by atoms with Crippen molar-refractivity contribution in [1.82, 2.24) is 0 Å². The molecule has 0 aromatic heterocycles. The Hall–Kier alpha value is -0.500. The van der Waals surface area contributed by atoms with Crippen molar-refractivity contribution in [3.05, 3.63) is 28.7 Å². The van der Waals surface area contributed by atoms with Gasteiger partial charge in [0.25, 0.3) is 0 Å². The number of benzene rings is 1. The van der Waals surface area contributed by atoms with E-state index in [0.717, 1.165) is 16.9 Å². The molecule has 1 N–H and O–H groups in total. The van der Waals surface area contributed by atoms with Gasteiger partial charge >= 0.3 is 0 Å². The van der Waals surface area contributed by atoms with Gasteiger partial charge in [0.1, 0.15) is 0 Å². The topological polar surface area (TPSA) is 12.0 Å².